The minimum Gasteiger partial charge on any atom is -0.352 e. The Kier molecular flexibility index (Phi) is 4.04. The normalized spacial score (nSPS) is 32.2. The summed E-state index contributed by atoms with van der Waals surface area (Å²) in [7, 11) is -2.94. The van der Waals surface area contributed by atoms with E-state index in [9.17, 15) is 13.2 Å². The second-order valence-electron chi connectivity index (χ2n) is 5.02. The maximum Gasteiger partial charge on any atom is 0.221 e. The summed E-state index contributed by atoms with van der Waals surface area (Å²) >= 11 is 0. The smallest absolute Gasteiger partial charge is 0.221 e. The lowest BCUT2D eigenvalue weighted by atomic mass is 10.1. The minimum absolute atomic E-state index is 0.0218. The van der Waals surface area contributed by atoms with Crippen LogP contribution < -0.4 is 10.6 Å². The molecule has 0 aromatic heterocycles. The van der Waals surface area contributed by atoms with E-state index in [0.717, 1.165) is 25.8 Å². The fourth-order valence-corrected chi connectivity index (χ4v) is 4.21. The predicted octanol–water partition coefficient (Wildman–Crippen LogP) is -0.178. The maximum atomic E-state index is 11.7. The molecule has 6 heteroatoms. The van der Waals surface area contributed by atoms with Crippen LogP contribution in [-0.2, 0) is 14.6 Å². The third-order valence-electron chi connectivity index (χ3n) is 3.42. The predicted molar refractivity (Wildman–Crippen MR) is 65.5 cm³/mol. The fourth-order valence-electron chi connectivity index (χ4n) is 2.58. The number of carbonyl (C=O) groups is 1. The van der Waals surface area contributed by atoms with Crippen LogP contribution in [-0.4, -0.2) is 44.5 Å². The van der Waals surface area contributed by atoms with Gasteiger partial charge in [0.25, 0.3) is 0 Å². The molecular formula is C11H20N2O3S. The van der Waals surface area contributed by atoms with Crippen molar-refractivity contribution in [1.82, 2.24) is 10.6 Å². The summed E-state index contributed by atoms with van der Waals surface area (Å²) in [5.41, 5.74) is 0. The molecule has 2 unspecified atom stereocenters. The highest BCUT2D eigenvalue weighted by Crippen LogP contribution is 2.13. The number of sulfone groups is 1. The summed E-state index contributed by atoms with van der Waals surface area (Å²) in [5.74, 6) is 0.354. The monoisotopic (exact) mass is 260 g/mol. The molecule has 0 bridgehead atoms. The van der Waals surface area contributed by atoms with Gasteiger partial charge in [-0.1, -0.05) is 0 Å². The first-order valence-electron chi connectivity index (χ1n) is 6.28. The van der Waals surface area contributed by atoms with Crippen LogP contribution in [0.2, 0.25) is 0 Å². The van der Waals surface area contributed by atoms with Gasteiger partial charge in [-0.25, -0.2) is 8.42 Å². The molecule has 2 rings (SSSR count). The Labute approximate surface area is 102 Å². The molecule has 0 aromatic rings. The summed E-state index contributed by atoms with van der Waals surface area (Å²) in [4.78, 5) is 11.7. The number of carbonyl (C=O) groups excluding carboxylic acids is 1. The molecule has 1 amide bonds. The number of nitrogens with one attached hydrogen (secondary N) is 2. The highest BCUT2D eigenvalue weighted by atomic mass is 32.2. The van der Waals surface area contributed by atoms with E-state index in [4.69, 9.17) is 0 Å². The average Bonchev–Trinajstić information content (AvgIpc) is 2.68. The van der Waals surface area contributed by atoms with Crippen LogP contribution in [0.3, 0.4) is 0 Å². The molecule has 5 nitrogen and oxygen atoms in total. The van der Waals surface area contributed by atoms with Crippen molar-refractivity contribution >= 4 is 15.7 Å². The van der Waals surface area contributed by atoms with Crippen molar-refractivity contribution in [2.75, 3.05) is 18.1 Å². The molecule has 2 heterocycles. The van der Waals surface area contributed by atoms with E-state index >= 15 is 0 Å². The lowest BCUT2D eigenvalue weighted by molar-refractivity contribution is -0.122. The number of rotatable bonds is 3. The standard InChI is InChI=1S/C11H20N2O3S/c14-11(7-9-3-1-5-12-9)13-10-4-2-6-17(15,16)8-10/h9-10,12H,1-8H2,(H,13,14). The van der Waals surface area contributed by atoms with Crippen LogP contribution in [0.4, 0.5) is 0 Å². The molecular weight excluding hydrogens is 240 g/mol. The molecule has 17 heavy (non-hydrogen) atoms. The Morgan fingerprint density at radius 3 is 2.76 bits per heavy atom. The van der Waals surface area contributed by atoms with Gasteiger partial charge in [0.05, 0.1) is 11.5 Å². The summed E-state index contributed by atoms with van der Waals surface area (Å²) < 4.78 is 22.8. The van der Waals surface area contributed by atoms with Gasteiger partial charge >= 0.3 is 0 Å². The van der Waals surface area contributed by atoms with Crippen LogP contribution in [0.5, 0.6) is 0 Å². The third kappa shape index (κ3) is 3.96. The molecule has 98 valence electrons. The van der Waals surface area contributed by atoms with Gasteiger partial charge in [-0.15, -0.1) is 0 Å². The number of amides is 1. The Hall–Kier alpha value is -0.620. The van der Waals surface area contributed by atoms with Crippen LogP contribution in [0.15, 0.2) is 0 Å². The fraction of sp³-hybridized carbons (Fsp3) is 0.909. The molecule has 2 N–H and O–H groups in total. The number of hydrogen-bond acceptors (Lipinski definition) is 4. The largest absolute Gasteiger partial charge is 0.352 e. The Morgan fingerprint density at radius 2 is 2.12 bits per heavy atom. The van der Waals surface area contributed by atoms with Crippen LogP contribution in [0, 0.1) is 0 Å². The van der Waals surface area contributed by atoms with Gasteiger partial charge in [0.2, 0.25) is 5.91 Å². The molecule has 2 saturated heterocycles. The van der Waals surface area contributed by atoms with Crippen molar-refractivity contribution in [1.29, 1.82) is 0 Å². The molecule has 0 aromatic carbocycles. The van der Waals surface area contributed by atoms with Gasteiger partial charge in [0.1, 0.15) is 0 Å². The van der Waals surface area contributed by atoms with E-state index in [1.807, 2.05) is 0 Å². The van der Waals surface area contributed by atoms with E-state index in [-0.39, 0.29) is 29.5 Å². The molecule has 0 saturated carbocycles. The first kappa shape index (κ1) is 12.8. The molecule has 0 spiro atoms. The summed E-state index contributed by atoms with van der Waals surface area (Å²) in [6, 6.07) is 0.0952. The first-order chi connectivity index (χ1) is 8.05. The molecule has 2 aliphatic heterocycles. The molecule has 2 atom stereocenters. The van der Waals surface area contributed by atoms with Gasteiger partial charge in [-0.2, -0.15) is 0 Å². The van der Waals surface area contributed by atoms with Gasteiger partial charge in [-0.3, -0.25) is 4.79 Å². The topological polar surface area (TPSA) is 75.3 Å². The van der Waals surface area contributed by atoms with Gasteiger partial charge in [0, 0.05) is 18.5 Å². The zero-order chi connectivity index (χ0) is 12.3. The summed E-state index contributed by atoms with van der Waals surface area (Å²) in [6.45, 7) is 0.982. The average molecular weight is 260 g/mol. The lowest BCUT2D eigenvalue weighted by Crippen LogP contribution is -2.44. The van der Waals surface area contributed by atoms with E-state index in [0.29, 0.717) is 12.8 Å². The van der Waals surface area contributed by atoms with E-state index in [2.05, 4.69) is 10.6 Å². The Balaban J connectivity index is 1.77. The maximum absolute atomic E-state index is 11.7. The van der Waals surface area contributed by atoms with Crippen molar-refractivity contribution in [2.24, 2.45) is 0 Å². The van der Waals surface area contributed by atoms with Crippen molar-refractivity contribution < 1.29 is 13.2 Å². The third-order valence-corrected chi connectivity index (χ3v) is 5.24. The molecule has 2 aliphatic rings. The Bertz CT molecular complexity index is 374. The van der Waals surface area contributed by atoms with Crippen molar-refractivity contribution in [3.63, 3.8) is 0 Å². The van der Waals surface area contributed by atoms with E-state index in [1.54, 1.807) is 0 Å². The van der Waals surface area contributed by atoms with Crippen molar-refractivity contribution in [3.05, 3.63) is 0 Å². The van der Waals surface area contributed by atoms with E-state index < -0.39 is 9.84 Å². The van der Waals surface area contributed by atoms with Gasteiger partial charge < -0.3 is 10.6 Å². The summed E-state index contributed by atoms with van der Waals surface area (Å²) in [5, 5.41) is 6.11. The number of hydrogen-bond donors (Lipinski definition) is 2. The van der Waals surface area contributed by atoms with Gasteiger partial charge in [-0.05, 0) is 32.2 Å². The van der Waals surface area contributed by atoms with Crippen molar-refractivity contribution in [2.45, 2.75) is 44.2 Å². The molecule has 2 fully saturated rings. The highest BCUT2D eigenvalue weighted by Gasteiger charge is 2.26. The van der Waals surface area contributed by atoms with Crippen LogP contribution >= 0.6 is 0 Å². The van der Waals surface area contributed by atoms with Gasteiger partial charge in [0.15, 0.2) is 9.84 Å². The summed E-state index contributed by atoms with van der Waals surface area (Å²) in [6.07, 6.45) is 4.07. The zero-order valence-corrected chi connectivity index (χ0v) is 10.8. The first-order valence-corrected chi connectivity index (χ1v) is 8.10. The second kappa shape index (κ2) is 5.35. The van der Waals surface area contributed by atoms with E-state index in [1.165, 1.54) is 0 Å². The Morgan fingerprint density at radius 1 is 1.29 bits per heavy atom. The second-order valence-corrected chi connectivity index (χ2v) is 7.25. The lowest BCUT2D eigenvalue weighted by Gasteiger charge is -2.23. The van der Waals surface area contributed by atoms with Crippen LogP contribution in [0.25, 0.3) is 0 Å². The minimum atomic E-state index is -2.94. The molecule has 0 aliphatic carbocycles. The molecule has 0 radical (unpaired) electrons. The quantitative estimate of drug-likeness (QED) is 0.738. The zero-order valence-electron chi connectivity index (χ0n) is 9.94. The van der Waals surface area contributed by atoms with Crippen molar-refractivity contribution in [3.8, 4) is 0 Å². The SMILES string of the molecule is O=C(CC1CCCN1)NC1CCCS(=O)(=O)C1. The highest BCUT2D eigenvalue weighted by molar-refractivity contribution is 7.91. The van der Waals surface area contributed by atoms with Crippen LogP contribution in [0.1, 0.15) is 32.1 Å².